The lowest BCUT2D eigenvalue weighted by atomic mass is 10.0. The fourth-order valence-corrected chi connectivity index (χ4v) is 2.59. The molecule has 1 aromatic carbocycles. The van der Waals surface area contributed by atoms with Crippen LogP contribution in [-0.4, -0.2) is 42.0 Å². The van der Waals surface area contributed by atoms with E-state index in [0.717, 1.165) is 10.4 Å². The van der Waals surface area contributed by atoms with E-state index in [0.29, 0.717) is 6.42 Å². The number of hydrogen-bond donors (Lipinski definition) is 1. The molecule has 1 atom stereocenters. The topological polar surface area (TPSA) is 71.5 Å². The van der Waals surface area contributed by atoms with Gasteiger partial charge in [-0.3, -0.25) is 14.7 Å². The predicted molar refractivity (Wildman–Crippen MR) is 88.1 cm³/mol. The van der Waals surface area contributed by atoms with Gasteiger partial charge in [-0.15, -0.1) is 11.3 Å². The molecule has 0 saturated heterocycles. The molecule has 0 spiro atoms. The van der Waals surface area contributed by atoms with Gasteiger partial charge in [-0.25, -0.2) is 4.79 Å². The number of rotatable bonds is 6. The van der Waals surface area contributed by atoms with Gasteiger partial charge in [0.15, 0.2) is 0 Å². The Labute approximate surface area is 139 Å². The number of benzene rings is 1. The molecule has 2 rings (SSSR count). The van der Waals surface area contributed by atoms with Crippen LogP contribution in [0.1, 0.15) is 10.4 Å². The summed E-state index contributed by atoms with van der Waals surface area (Å²) in [5.74, 6) is -0.230. The molecule has 0 fully saturated rings. The summed E-state index contributed by atoms with van der Waals surface area (Å²) >= 11 is 1.41. The summed E-state index contributed by atoms with van der Waals surface area (Å²) in [5.41, 5.74) is 2.65. The fourth-order valence-electron chi connectivity index (χ4n) is 2.08. The van der Waals surface area contributed by atoms with Gasteiger partial charge in [0, 0.05) is 26.7 Å². The van der Waals surface area contributed by atoms with Crippen molar-refractivity contribution in [2.75, 3.05) is 14.1 Å². The van der Waals surface area contributed by atoms with Crippen molar-refractivity contribution in [1.82, 2.24) is 15.2 Å². The first-order chi connectivity index (χ1) is 11.1. The summed E-state index contributed by atoms with van der Waals surface area (Å²) in [6.45, 7) is 0.152. The lowest BCUT2D eigenvalue weighted by Gasteiger charge is -2.26. The molecule has 1 aromatic heterocycles. The molecule has 0 bridgehead atoms. The van der Waals surface area contributed by atoms with Gasteiger partial charge in [-0.05, 0) is 5.56 Å². The van der Waals surface area contributed by atoms with Gasteiger partial charge in [-0.1, -0.05) is 30.3 Å². The van der Waals surface area contributed by atoms with E-state index in [-0.39, 0.29) is 12.5 Å². The monoisotopic (exact) mass is 333 g/mol. The van der Waals surface area contributed by atoms with E-state index in [1.54, 1.807) is 25.8 Å². The normalized spacial score (nSPS) is 11.6. The number of likely N-dealkylation sites (N-methyl/N-ethyl adjacent to an activating group) is 2. The second kappa shape index (κ2) is 8.28. The highest BCUT2D eigenvalue weighted by atomic mass is 32.1. The Hall–Kier alpha value is -2.41. The highest BCUT2D eigenvalue weighted by Crippen LogP contribution is 2.12. The van der Waals surface area contributed by atoms with Crippen LogP contribution < -0.4 is 5.32 Å². The van der Waals surface area contributed by atoms with Crippen LogP contribution in [0.2, 0.25) is 0 Å². The first-order valence-corrected chi connectivity index (χ1v) is 8.02. The average Bonchev–Trinajstić information content (AvgIpc) is 3.10. The fraction of sp³-hybridized carbons (Fsp3) is 0.312. The minimum absolute atomic E-state index is 0.152. The van der Waals surface area contributed by atoms with E-state index in [9.17, 15) is 9.59 Å². The highest BCUT2D eigenvalue weighted by Gasteiger charge is 2.27. The molecule has 0 saturated carbocycles. The van der Waals surface area contributed by atoms with Gasteiger partial charge >= 0.3 is 6.09 Å². The minimum Gasteiger partial charge on any atom is -0.444 e. The van der Waals surface area contributed by atoms with Crippen LogP contribution in [0.15, 0.2) is 42.0 Å². The molecule has 23 heavy (non-hydrogen) atoms. The second-order valence-corrected chi connectivity index (χ2v) is 5.92. The Balaban J connectivity index is 2.01. The molecule has 122 valence electrons. The molecule has 2 amide bonds. The molecule has 1 N–H and O–H groups in total. The van der Waals surface area contributed by atoms with Crippen LogP contribution in [0, 0.1) is 0 Å². The summed E-state index contributed by atoms with van der Waals surface area (Å²) in [5, 5.41) is 2.59. The van der Waals surface area contributed by atoms with Crippen LogP contribution in [0.3, 0.4) is 0 Å². The molecule has 7 heteroatoms. The standard InChI is InChI=1S/C16H19N3O3S/c1-17-15(20)14(8-12-6-4-3-5-7-12)19(2)16(21)22-10-13-9-18-11-23-13/h3-7,9,11,14H,8,10H2,1-2H3,(H,17,20)/t14-/m0/s1. The maximum Gasteiger partial charge on any atom is 0.410 e. The molecule has 1 heterocycles. The van der Waals surface area contributed by atoms with Gasteiger partial charge < -0.3 is 10.1 Å². The maximum atomic E-state index is 12.2. The Kier molecular flexibility index (Phi) is 6.10. The van der Waals surface area contributed by atoms with E-state index >= 15 is 0 Å². The Bertz CT molecular complexity index is 631. The smallest absolute Gasteiger partial charge is 0.410 e. The maximum absolute atomic E-state index is 12.2. The zero-order valence-corrected chi connectivity index (χ0v) is 13.9. The third-order valence-electron chi connectivity index (χ3n) is 3.40. The molecule has 6 nitrogen and oxygen atoms in total. The van der Waals surface area contributed by atoms with Gasteiger partial charge in [0.25, 0.3) is 0 Å². The van der Waals surface area contributed by atoms with E-state index in [1.165, 1.54) is 16.2 Å². The number of carbonyl (C=O) groups is 2. The van der Waals surface area contributed by atoms with E-state index < -0.39 is 12.1 Å². The molecule has 0 radical (unpaired) electrons. The Morgan fingerprint density at radius 3 is 2.70 bits per heavy atom. The highest BCUT2D eigenvalue weighted by molar-refractivity contribution is 7.09. The van der Waals surface area contributed by atoms with Crippen molar-refractivity contribution in [3.05, 3.63) is 52.5 Å². The predicted octanol–water partition coefficient (Wildman–Crippen LogP) is 2.07. The number of hydrogen-bond acceptors (Lipinski definition) is 5. The first-order valence-electron chi connectivity index (χ1n) is 7.14. The van der Waals surface area contributed by atoms with Crippen molar-refractivity contribution < 1.29 is 14.3 Å². The van der Waals surface area contributed by atoms with Gasteiger partial charge in [0.1, 0.15) is 12.6 Å². The number of nitrogens with zero attached hydrogens (tertiary/aromatic N) is 2. The lowest BCUT2D eigenvalue weighted by molar-refractivity contribution is -0.125. The average molecular weight is 333 g/mol. The van der Waals surface area contributed by atoms with Crippen LogP contribution in [-0.2, 0) is 22.6 Å². The minimum atomic E-state index is -0.628. The number of thiazole rings is 1. The summed E-state index contributed by atoms with van der Waals surface area (Å²) in [6.07, 6.45) is 1.54. The van der Waals surface area contributed by atoms with Crippen molar-refractivity contribution in [1.29, 1.82) is 0 Å². The van der Waals surface area contributed by atoms with Crippen molar-refractivity contribution in [2.45, 2.75) is 19.1 Å². The number of nitrogens with one attached hydrogen (secondary N) is 1. The van der Waals surface area contributed by atoms with Crippen molar-refractivity contribution >= 4 is 23.3 Å². The number of amides is 2. The molecular weight excluding hydrogens is 314 g/mol. The van der Waals surface area contributed by atoms with Crippen molar-refractivity contribution in [2.24, 2.45) is 0 Å². The second-order valence-electron chi connectivity index (χ2n) is 4.95. The Morgan fingerprint density at radius 1 is 1.35 bits per heavy atom. The number of carbonyl (C=O) groups excluding carboxylic acids is 2. The van der Waals surface area contributed by atoms with Gasteiger partial charge in [0.2, 0.25) is 5.91 Å². The quantitative estimate of drug-likeness (QED) is 0.878. The summed E-state index contributed by atoms with van der Waals surface area (Å²) in [7, 11) is 3.12. The lowest BCUT2D eigenvalue weighted by Crippen LogP contribution is -2.48. The zero-order chi connectivity index (χ0) is 16.7. The van der Waals surface area contributed by atoms with E-state index in [1.807, 2.05) is 30.3 Å². The molecule has 0 unspecified atom stereocenters. The zero-order valence-electron chi connectivity index (χ0n) is 13.1. The number of aromatic nitrogens is 1. The van der Waals surface area contributed by atoms with E-state index in [4.69, 9.17) is 4.74 Å². The summed E-state index contributed by atoms with van der Waals surface area (Å²) < 4.78 is 5.24. The van der Waals surface area contributed by atoms with E-state index in [2.05, 4.69) is 10.3 Å². The van der Waals surface area contributed by atoms with Crippen LogP contribution in [0.4, 0.5) is 4.79 Å². The summed E-state index contributed by atoms with van der Waals surface area (Å²) in [4.78, 5) is 30.4. The first kappa shape index (κ1) is 17.0. The van der Waals surface area contributed by atoms with Crippen LogP contribution in [0.5, 0.6) is 0 Å². The van der Waals surface area contributed by atoms with Crippen LogP contribution in [0.25, 0.3) is 0 Å². The molecule has 2 aromatic rings. The summed E-state index contributed by atoms with van der Waals surface area (Å²) in [6, 6.07) is 8.93. The molecule has 0 aliphatic carbocycles. The van der Waals surface area contributed by atoms with Gasteiger partial charge in [0.05, 0.1) is 10.4 Å². The third-order valence-corrected chi connectivity index (χ3v) is 4.15. The SMILES string of the molecule is CNC(=O)[C@H](Cc1ccccc1)N(C)C(=O)OCc1cncs1. The third kappa shape index (κ3) is 4.79. The number of ether oxygens (including phenoxy) is 1. The largest absolute Gasteiger partial charge is 0.444 e. The molecule has 0 aliphatic heterocycles. The van der Waals surface area contributed by atoms with Crippen molar-refractivity contribution in [3.8, 4) is 0 Å². The Morgan fingerprint density at radius 2 is 2.09 bits per heavy atom. The van der Waals surface area contributed by atoms with Crippen LogP contribution >= 0.6 is 11.3 Å². The molecular formula is C16H19N3O3S. The molecule has 0 aliphatic rings. The van der Waals surface area contributed by atoms with Gasteiger partial charge in [-0.2, -0.15) is 0 Å². The van der Waals surface area contributed by atoms with Crippen molar-refractivity contribution in [3.63, 3.8) is 0 Å².